The Bertz CT molecular complexity index is 1320. The second-order valence-electron chi connectivity index (χ2n) is 8.68. The smallest absolute Gasteiger partial charge is 0.338 e. The second kappa shape index (κ2) is 13.1. The molecule has 5 atom stereocenters. The molecule has 1 saturated heterocycles. The number of hydrogen-bond donors (Lipinski definition) is 5. The van der Waals surface area contributed by atoms with Gasteiger partial charge in [0.05, 0.1) is 41.7 Å². The summed E-state index contributed by atoms with van der Waals surface area (Å²) in [6.07, 6.45) is -2.89. The first-order chi connectivity index (χ1) is 18.7. The van der Waals surface area contributed by atoms with Crippen molar-refractivity contribution in [2.45, 2.75) is 43.5 Å². The molecule has 12 nitrogen and oxygen atoms in total. The van der Waals surface area contributed by atoms with Gasteiger partial charge in [-0.25, -0.2) is 4.79 Å². The highest BCUT2D eigenvalue weighted by Gasteiger charge is 2.43. The maximum absolute atomic E-state index is 12.4. The van der Waals surface area contributed by atoms with Crippen LogP contribution in [0.1, 0.15) is 12.8 Å². The third kappa shape index (κ3) is 6.56. The fourth-order valence-corrected chi connectivity index (χ4v) is 4.49. The summed E-state index contributed by atoms with van der Waals surface area (Å²) < 4.78 is 27.6. The Labute approximate surface area is 232 Å². The second-order valence-corrected chi connectivity index (χ2v) is 9.49. The molecule has 2 aromatic heterocycles. The van der Waals surface area contributed by atoms with Gasteiger partial charge in [0.2, 0.25) is 5.75 Å². The zero-order valence-corrected chi connectivity index (χ0v) is 22.3. The Kier molecular flexibility index (Phi) is 9.86. The number of nitrogens with zero attached hydrogens (tertiary/aromatic N) is 1. The lowest BCUT2D eigenvalue weighted by atomic mass is 9.99. The van der Waals surface area contributed by atoms with Gasteiger partial charge in [-0.05, 0) is 25.0 Å². The fourth-order valence-electron chi connectivity index (χ4n) is 4.03. The van der Waals surface area contributed by atoms with Gasteiger partial charge in [-0.2, -0.15) is 0 Å². The van der Waals surface area contributed by atoms with Crippen LogP contribution >= 0.6 is 23.2 Å². The largest absolute Gasteiger partial charge is 0.493 e. The number of fused-ring (bicyclic) bond motifs is 1. The van der Waals surface area contributed by atoms with Crippen LogP contribution in [0.4, 0.5) is 11.4 Å². The molecule has 0 bridgehead atoms. The number of rotatable bonds is 11. The molecule has 3 aromatic rings. The van der Waals surface area contributed by atoms with E-state index in [9.17, 15) is 25.2 Å². The van der Waals surface area contributed by atoms with E-state index >= 15 is 0 Å². The third-order valence-electron chi connectivity index (χ3n) is 6.08. The number of ether oxygens (including phenoxy) is 4. The zero-order valence-electron chi connectivity index (χ0n) is 20.8. The monoisotopic (exact) mass is 586 g/mol. The minimum absolute atomic E-state index is 0.134. The lowest BCUT2D eigenvalue weighted by Crippen LogP contribution is -2.59. The van der Waals surface area contributed by atoms with Crippen LogP contribution in [0.15, 0.2) is 39.8 Å². The fraction of sp³-hybridized carbons (Fsp3) is 0.440. The van der Waals surface area contributed by atoms with Gasteiger partial charge >= 0.3 is 5.63 Å². The highest BCUT2D eigenvalue weighted by molar-refractivity contribution is 6.39. The van der Waals surface area contributed by atoms with Crippen molar-refractivity contribution < 1.29 is 43.8 Å². The van der Waals surface area contributed by atoms with Gasteiger partial charge in [-0.15, -0.1) is 0 Å². The van der Waals surface area contributed by atoms with Crippen LogP contribution in [-0.4, -0.2) is 83.0 Å². The van der Waals surface area contributed by atoms with Crippen molar-refractivity contribution in [1.29, 1.82) is 0 Å². The molecule has 14 heteroatoms. The number of nitrogens with one attached hydrogen (secondary N) is 1. The molecule has 3 heterocycles. The Morgan fingerprint density at radius 2 is 1.77 bits per heavy atom. The van der Waals surface area contributed by atoms with E-state index < -0.39 is 42.9 Å². The maximum atomic E-state index is 12.4. The molecule has 0 radical (unpaired) electrons. The van der Waals surface area contributed by atoms with Crippen LogP contribution in [0.2, 0.25) is 10.0 Å². The van der Waals surface area contributed by atoms with E-state index in [-0.39, 0.29) is 34.6 Å². The molecule has 0 saturated carbocycles. The molecule has 1 aliphatic rings. The first kappa shape index (κ1) is 29.3. The van der Waals surface area contributed by atoms with Crippen molar-refractivity contribution in [2.75, 3.05) is 32.2 Å². The van der Waals surface area contributed by atoms with Crippen molar-refractivity contribution in [3.05, 3.63) is 51.1 Å². The number of aliphatic hydroxyl groups is 4. The van der Waals surface area contributed by atoms with Crippen LogP contribution in [0.25, 0.3) is 11.0 Å². The topological polar surface area (TPSA) is 173 Å². The van der Waals surface area contributed by atoms with Gasteiger partial charge in [-0.1, -0.05) is 23.2 Å². The predicted octanol–water partition coefficient (Wildman–Crippen LogP) is 2.22. The molecule has 1 aliphatic heterocycles. The van der Waals surface area contributed by atoms with Crippen molar-refractivity contribution in [1.82, 2.24) is 4.98 Å². The number of methoxy groups -OCH3 is 1. The van der Waals surface area contributed by atoms with E-state index in [4.69, 9.17) is 46.6 Å². The highest BCUT2D eigenvalue weighted by atomic mass is 35.5. The standard InChI is InChI=1S/C25H28Cl2N2O10/c1-35-16-5-4-12-15(29-19-13(26)9-28-10-14(19)27)8-18(31)39-23(12)24(16)36-6-2-3-7-37-25-22(34)21(33)20(32)17(11-30)38-25/h4-5,8-10,17,20-22,25,30,32-34H,2-3,6-7,11H2,1H3,(H,28,29)/t17-,20-,21-,22+,25-/m1/s1. The summed E-state index contributed by atoms with van der Waals surface area (Å²) in [4.78, 5) is 16.3. The molecule has 0 unspecified atom stereocenters. The lowest BCUT2D eigenvalue weighted by molar-refractivity contribution is -0.301. The van der Waals surface area contributed by atoms with Crippen LogP contribution in [0.3, 0.4) is 0 Å². The molecule has 1 fully saturated rings. The zero-order chi connectivity index (χ0) is 28.1. The highest BCUT2D eigenvalue weighted by Crippen LogP contribution is 2.40. The average Bonchev–Trinajstić information content (AvgIpc) is 2.92. The van der Waals surface area contributed by atoms with E-state index in [0.717, 1.165) is 0 Å². The molecule has 0 aliphatic carbocycles. The summed E-state index contributed by atoms with van der Waals surface area (Å²) in [5.41, 5.74) is 0.273. The minimum atomic E-state index is -1.51. The predicted molar refractivity (Wildman–Crippen MR) is 141 cm³/mol. The quantitative estimate of drug-likeness (QED) is 0.164. The summed E-state index contributed by atoms with van der Waals surface area (Å²) in [6, 6.07) is 4.63. The number of benzene rings is 1. The summed E-state index contributed by atoms with van der Waals surface area (Å²) >= 11 is 12.4. The maximum Gasteiger partial charge on any atom is 0.338 e. The number of pyridine rings is 1. The Hall–Kier alpha value is -2.68. The normalized spacial score (nSPS) is 23.1. The summed E-state index contributed by atoms with van der Waals surface area (Å²) in [7, 11) is 1.46. The molecule has 0 spiro atoms. The SMILES string of the molecule is COc1ccc2c(Nc3c(Cl)cncc3Cl)cc(=O)oc2c1OCCCCO[C@@H]1O[C@H](CO)[C@@H](O)[C@@H](O)[C@@H]1O. The molecule has 5 N–H and O–H groups in total. The van der Waals surface area contributed by atoms with Gasteiger partial charge in [0.25, 0.3) is 0 Å². The molecular weight excluding hydrogens is 559 g/mol. The summed E-state index contributed by atoms with van der Waals surface area (Å²) in [6.45, 7) is -0.215. The van der Waals surface area contributed by atoms with Crippen molar-refractivity contribution in [3.63, 3.8) is 0 Å². The Balaban J connectivity index is 1.42. The van der Waals surface area contributed by atoms with E-state index in [1.165, 1.54) is 25.6 Å². The van der Waals surface area contributed by atoms with Crippen LogP contribution in [-0.2, 0) is 9.47 Å². The minimum Gasteiger partial charge on any atom is -0.493 e. The van der Waals surface area contributed by atoms with Gasteiger partial charge < -0.3 is 49.1 Å². The van der Waals surface area contributed by atoms with Crippen molar-refractivity contribution in [2.24, 2.45) is 0 Å². The number of unbranched alkanes of at least 4 members (excludes halogenated alkanes) is 1. The van der Waals surface area contributed by atoms with Gasteiger partial charge in [0.1, 0.15) is 24.4 Å². The first-order valence-electron chi connectivity index (χ1n) is 12.0. The third-order valence-corrected chi connectivity index (χ3v) is 6.65. The number of aliphatic hydroxyl groups excluding tert-OH is 4. The van der Waals surface area contributed by atoms with Crippen LogP contribution < -0.4 is 20.4 Å². The Morgan fingerprint density at radius 1 is 1.05 bits per heavy atom. The van der Waals surface area contributed by atoms with Gasteiger partial charge in [0.15, 0.2) is 17.6 Å². The number of aromatic nitrogens is 1. The van der Waals surface area contributed by atoms with E-state index in [2.05, 4.69) is 10.3 Å². The molecule has 0 amide bonds. The van der Waals surface area contributed by atoms with Crippen LogP contribution in [0.5, 0.6) is 11.5 Å². The van der Waals surface area contributed by atoms with Crippen molar-refractivity contribution in [3.8, 4) is 11.5 Å². The van der Waals surface area contributed by atoms with E-state index in [0.29, 0.717) is 35.4 Å². The molecule has 1 aromatic carbocycles. The number of anilines is 2. The molecular formula is C25H28Cl2N2O10. The Morgan fingerprint density at radius 3 is 2.46 bits per heavy atom. The van der Waals surface area contributed by atoms with Crippen LogP contribution in [0, 0.1) is 0 Å². The van der Waals surface area contributed by atoms with E-state index in [1.54, 1.807) is 12.1 Å². The lowest BCUT2D eigenvalue weighted by Gasteiger charge is -2.39. The first-order valence-corrected chi connectivity index (χ1v) is 12.8. The molecule has 212 valence electrons. The molecule has 4 rings (SSSR count). The average molecular weight is 587 g/mol. The van der Waals surface area contributed by atoms with Crippen molar-refractivity contribution >= 4 is 45.5 Å². The summed E-state index contributed by atoms with van der Waals surface area (Å²) in [5.74, 6) is 0.567. The molecule has 39 heavy (non-hydrogen) atoms. The number of halogens is 2. The van der Waals surface area contributed by atoms with E-state index in [1.807, 2.05) is 0 Å². The summed E-state index contributed by atoms with van der Waals surface area (Å²) in [5, 5.41) is 43.2. The van der Waals surface area contributed by atoms with Gasteiger partial charge in [0, 0.05) is 30.5 Å². The van der Waals surface area contributed by atoms with Gasteiger partial charge in [-0.3, -0.25) is 4.98 Å². The number of hydrogen-bond acceptors (Lipinski definition) is 12.